The van der Waals surface area contributed by atoms with E-state index in [1.54, 1.807) is 30.3 Å². The van der Waals surface area contributed by atoms with Crippen molar-refractivity contribution in [3.8, 4) is 0 Å². The molecule has 1 saturated carbocycles. The molecule has 5 heteroatoms. The van der Waals surface area contributed by atoms with Crippen molar-refractivity contribution in [1.29, 1.82) is 0 Å². The van der Waals surface area contributed by atoms with Crippen molar-refractivity contribution in [1.82, 2.24) is 5.32 Å². The maximum absolute atomic E-state index is 12.5. The first-order valence-corrected chi connectivity index (χ1v) is 9.27. The number of hydrogen-bond acceptors (Lipinski definition) is 3. The van der Waals surface area contributed by atoms with Gasteiger partial charge in [-0.15, -0.1) is 11.3 Å². The van der Waals surface area contributed by atoms with Crippen LogP contribution >= 0.6 is 11.3 Å². The van der Waals surface area contributed by atoms with Gasteiger partial charge >= 0.3 is 0 Å². The van der Waals surface area contributed by atoms with Crippen LogP contribution < -0.4 is 10.6 Å². The first-order valence-electron chi connectivity index (χ1n) is 8.39. The van der Waals surface area contributed by atoms with Crippen molar-refractivity contribution in [3.63, 3.8) is 0 Å². The van der Waals surface area contributed by atoms with E-state index in [1.807, 2.05) is 11.4 Å². The van der Waals surface area contributed by atoms with E-state index in [9.17, 15) is 9.59 Å². The summed E-state index contributed by atoms with van der Waals surface area (Å²) in [6.07, 6.45) is 4.63. The molecule has 4 nitrogen and oxygen atoms in total. The maximum atomic E-state index is 12.5. The average Bonchev–Trinajstić information content (AvgIpc) is 3.12. The number of carbonyl (C=O) groups is 2. The van der Waals surface area contributed by atoms with Crippen LogP contribution in [0.4, 0.5) is 5.69 Å². The molecule has 0 radical (unpaired) electrons. The van der Waals surface area contributed by atoms with Crippen molar-refractivity contribution in [3.05, 3.63) is 52.2 Å². The molecule has 1 fully saturated rings. The van der Waals surface area contributed by atoms with Crippen molar-refractivity contribution in [2.75, 3.05) is 5.32 Å². The van der Waals surface area contributed by atoms with Crippen molar-refractivity contribution >= 4 is 28.8 Å². The van der Waals surface area contributed by atoms with Gasteiger partial charge in [-0.2, -0.15) is 0 Å². The zero-order valence-corrected chi connectivity index (χ0v) is 14.6. The topological polar surface area (TPSA) is 58.2 Å². The average molecular weight is 342 g/mol. The minimum Gasteiger partial charge on any atom is -0.349 e. The van der Waals surface area contributed by atoms with Crippen molar-refractivity contribution in [2.45, 2.75) is 38.6 Å². The molecule has 1 heterocycles. The van der Waals surface area contributed by atoms with Gasteiger partial charge in [0.1, 0.15) is 0 Å². The molecule has 2 unspecified atom stereocenters. The Labute approximate surface area is 146 Å². The molecular weight excluding hydrogens is 320 g/mol. The number of rotatable bonds is 4. The zero-order valence-electron chi connectivity index (χ0n) is 13.7. The van der Waals surface area contributed by atoms with Gasteiger partial charge in [-0.3, -0.25) is 9.59 Å². The van der Waals surface area contributed by atoms with Crippen LogP contribution in [0, 0.1) is 5.92 Å². The number of nitrogens with one attached hydrogen (secondary N) is 2. The monoisotopic (exact) mass is 342 g/mol. The summed E-state index contributed by atoms with van der Waals surface area (Å²) in [5.74, 6) is 0.300. The first kappa shape index (κ1) is 16.7. The second-order valence-electron chi connectivity index (χ2n) is 6.35. The standard InChI is InChI=1S/C19H22N2O2S/c1-13-6-2-3-9-16(13)21-18(22)14-7-4-8-15(12-14)20-19(23)17-10-5-11-24-17/h4-5,7-8,10-13,16H,2-3,6,9H2,1H3,(H,20,23)(H,21,22). The number of thiophene rings is 1. The van der Waals surface area contributed by atoms with Gasteiger partial charge in [0.25, 0.3) is 11.8 Å². The lowest BCUT2D eigenvalue weighted by atomic mass is 9.86. The van der Waals surface area contributed by atoms with Gasteiger partial charge in [0, 0.05) is 17.3 Å². The lowest BCUT2D eigenvalue weighted by Gasteiger charge is -2.29. The predicted octanol–water partition coefficient (Wildman–Crippen LogP) is 4.31. The Bertz CT molecular complexity index is 712. The summed E-state index contributed by atoms with van der Waals surface area (Å²) < 4.78 is 0. The molecule has 2 atom stereocenters. The second kappa shape index (κ2) is 7.62. The fourth-order valence-electron chi connectivity index (χ4n) is 3.12. The number of hydrogen-bond donors (Lipinski definition) is 2. The lowest BCUT2D eigenvalue weighted by molar-refractivity contribution is 0.0909. The van der Waals surface area contributed by atoms with Gasteiger partial charge in [-0.1, -0.05) is 31.9 Å². The van der Waals surface area contributed by atoms with Gasteiger partial charge in [0.15, 0.2) is 0 Å². The summed E-state index contributed by atoms with van der Waals surface area (Å²) in [5, 5.41) is 7.85. The highest BCUT2D eigenvalue weighted by atomic mass is 32.1. The van der Waals surface area contributed by atoms with E-state index >= 15 is 0 Å². The molecule has 1 aromatic heterocycles. The molecule has 2 aromatic rings. The third-order valence-electron chi connectivity index (χ3n) is 4.56. The summed E-state index contributed by atoms with van der Waals surface area (Å²) in [5.41, 5.74) is 1.22. The molecule has 0 spiro atoms. The van der Waals surface area contributed by atoms with Crippen LogP contribution in [0.2, 0.25) is 0 Å². The summed E-state index contributed by atoms with van der Waals surface area (Å²) in [4.78, 5) is 25.3. The number of anilines is 1. The molecule has 1 aromatic carbocycles. The SMILES string of the molecule is CC1CCCCC1NC(=O)c1cccc(NC(=O)c2cccs2)c1. The van der Waals surface area contributed by atoms with Crippen LogP contribution in [0.25, 0.3) is 0 Å². The predicted molar refractivity (Wildman–Crippen MR) is 97.6 cm³/mol. The van der Waals surface area contributed by atoms with Crippen molar-refractivity contribution in [2.24, 2.45) is 5.92 Å². The fourth-order valence-corrected chi connectivity index (χ4v) is 3.74. The highest BCUT2D eigenvalue weighted by Crippen LogP contribution is 2.24. The molecule has 1 aliphatic rings. The largest absolute Gasteiger partial charge is 0.349 e. The van der Waals surface area contributed by atoms with Crippen molar-refractivity contribution < 1.29 is 9.59 Å². The zero-order chi connectivity index (χ0) is 16.9. The number of benzene rings is 1. The van der Waals surface area contributed by atoms with Gasteiger partial charge in [-0.25, -0.2) is 0 Å². The Hall–Kier alpha value is -2.14. The van der Waals surface area contributed by atoms with E-state index in [4.69, 9.17) is 0 Å². The Morgan fingerprint density at radius 2 is 1.92 bits per heavy atom. The van der Waals surface area contributed by atoms with Gasteiger partial charge in [-0.05, 0) is 48.4 Å². The van der Waals surface area contributed by atoms with Gasteiger partial charge in [0.05, 0.1) is 4.88 Å². The second-order valence-corrected chi connectivity index (χ2v) is 7.30. The molecule has 1 aliphatic carbocycles. The molecule has 0 aliphatic heterocycles. The van der Waals surface area contributed by atoms with Crippen LogP contribution in [-0.2, 0) is 0 Å². The summed E-state index contributed by atoms with van der Waals surface area (Å²) in [6.45, 7) is 2.20. The summed E-state index contributed by atoms with van der Waals surface area (Å²) in [6, 6.07) is 11.0. The van der Waals surface area contributed by atoms with E-state index in [-0.39, 0.29) is 17.9 Å². The molecule has 3 rings (SSSR count). The van der Waals surface area contributed by atoms with Gasteiger partial charge < -0.3 is 10.6 Å². The fraction of sp³-hybridized carbons (Fsp3) is 0.368. The van der Waals surface area contributed by atoms with E-state index in [2.05, 4.69) is 17.6 Å². The van der Waals surface area contributed by atoms with Crippen LogP contribution in [0.3, 0.4) is 0 Å². The molecular formula is C19H22N2O2S. The Balaban J connectivity index is 1.66. The molecule has 24 heavy (non-hydrogen) atoms. The first-order chi connectivity index (χ1) is 11.6. The van der Waals surface area contributed by atoms with E-state index in [1.165, 1.54) is 30.6 Å². The molecule has 126 valence electrons. The molecule has 2 N–H and O–H groups in total. The Morgan fingerprint density at radius 3 is 2.67 bits per heavy atom. The summed E-state index contributed by atoms with van der Waals surface area (Å²) in [7, 11) is 0. The van der Waals surface area contributed by atoms with Crippen LogP contribution in [0.5, 0.6) is 0 Å². The summed E-state index contributed by atoms with van der Waals surface area (Å²) >= 11 is 1.39. The molecule has 2 amide bonds. The Morgan fingerprint density at radius 1 is 1.08 bits per heavy atom. The minimum absolute atomic E-state index is 0.0685. The number of amides is 2. The van der Waals surface area contributed by atoms with E-state index in [0.717, 1.165) is 6.42 Å². The number of carbonyl (C=O) groups excluding carboxylic acids is 2. The lowest BCUT2D eigenvalue weighted by Crippen LogP contribution is -2.41. The van der Waals surface area contributed by atoms with Crippen LogP contribution in [0.15, 0.2) is 41.8 Å². The highest BCUT2D eigenvalue weighted by Gasteiger charge is 2.23. The van der Waals surface area contributed by atoms with E-state index in [0.29, 0.717) is 22.0 Å². The maximum Gasteiger partial charge on any atom is 0.265 e. The van der Waals surface area contributed by atoms with Crippen LogP contribution in [0.1, 0.15) is 52.6 Å². The van der Waals surface area contributed by atoms with Crippen LogP contribution in [-0.4, -0.2) is 17.9 Å². The van der Waals surface area contributed by atoms with E-state index < -0.39 is 0 Å². The minimum atomic E-state index is -0.150. The highest BCUT2D eigenvalue weighted by molar-refractivity contribution is 7.12. The van der Waals surface area contributed by atoms with Gasteiger partial charge in [0.2, 0.25) is 0 Å². The third-order valence-corrected chi connectivity index (χ3v) is 5.42. The third kappa shape index (κ3) is 4.03. The normalized spacial score (nSPS) is 20.4. The smallest absolute Gasteiger partial charge is 0.265 e. The molecule has 0 saturated heterocycles. The quantitative estimate of drug-likeness (QED) is 0.870. The Kier molecular flexibility index (Phi) is 5.30. The molecule has 0 bridgehead atoms.